The van der Waals surface area contributed by atoms with E-state index in [1.807, 2.05) is 41.0 Å². The van der Waals surface area contributed by atoms with Crippen LogP contribution in [0.1, 0.15) is 38.4 Å². The molecule has 0 bridgehead atoms. The summed E-state index contributed by atoms with van der Waals surface area (Å²) in [6, 6.07) is 16.6. The van der Waals surface area contributed by atoms with Crippen molar-refractivity contribution in [1.29, 1.82) is 5.26 Å². The molecule has 0 radical (unpaired) electrons. The zero-order chi connectivity index (χ0) is 18.1. The van der Waals surface area contributed by atoms with Crippen LogP contribution in [0.2, 0.25) is 0 Å². The van der Waals surface area contributed by atoms with Gasteiger partial charge in [0, 0.05) is 36.0 Å². The topological polar surface area (TPSA) is 74.9 Å². The van der Waals surface area contributed by atoms with Crippen molar-refractivity contribution >= 4 is 22.6 Å². The number of nitrogens with one attached hydrogen (secondary N) is 1. The Labute approximate surface area is 150 Å². The van der Waals surface area contributed by atoms with Gasteiger partial charge in [-0.1, -0.05) is 24.3 Å². The Morgan fingerprint density at radius 1 is 1.15 bits per heavy atom. The van der Waals surface area contributed by atoms with E-state index in [-0.39, 0.29) is 18.1 Å². The molecule has 5 nitrogen and oxygen atoms in total. The van der Waals surface area contributed by atoms with Crippen LogP contribution in [0.3, 0.4) is 0 Å². The molecule has 0 saturated heterocycles. The molecule has 3 aromatic rings. The van der Waals surface area contributed by atoms with E-state index in [1.54, 1.807) is 12.1 Å². The molecule has 1 aliphatic heterocycles. The molecule has 0 unspecified atom stereocenters. The quantitative estimate of drug-likeness (QED) is 0.743. The van der Waals surface area contributed by atoms with Gasteiger partial charge >= 0.3 is 0 Å². The normalized spacial score (nSPS) is 13.6. The lowest BCUT2D eigenvalue weighted by atomic mass is 10.0. The zero-order valence-corrected chi connectivity index (χ0v) is 14.2. The summed E-state index contributed by atoms with van der Waals surface area (Å²) in [5.74, 6) is -0.0469. The molecular formula is C21H17N3O2. The first-order valence-electron chi connectivity index (χ1n) is 8.59. The molecule has 1 N–H and O–H groups in total. The Bertz CT molecular complexity index is 1060. The van der Waals surface area contributed by atoms with Gasteiger partial charge in [0.05, 0.1) is 11.6 Å². The van der Waals surface area contributed by atoms with E-state index in [1.165, 1.54) is 0 Å². The molecule has 1 aromatic heterocycles. The summed E-state index contributed by atoms with van der Waals surface area (Å²) in [4.78, 5) is 24.8. The number of rotatable bonds is 3. The van der Waals surface area contributed by atoms with Crippen LogP contribution in [0.25, 0.3) is 10.9 Å². The number of carbonyl (C=O) groups is 2. The number of aromatic nitrogens is 1. The molecule has 26 heavy (non-hydrogen) atoms. The maximum Gasteiger partial charge on any atom is 0.267 e. The number of amides is 1. The fraction of sp³-hybridized carbons (Fsp3) is 0.190. The second kappa shape index (κ2) is 6.49. The molecule has 0 atom stereocenters. The van der Waals surface area contributed by atoms with Crippen molar-refractivity contribution in [3.8, 4) is 6.07 Å². The molecule has 1 amide bonds. The van der Waals surface area contributed by atoms with E-state index in [0.29, 0.717) is 23.4 Å². The Kier molecular flexibility index (Phi) is 4.02. The summed E-state index contributed by atoms with van der Waals surface area (Å²) in [6.45, 7) is 1.42. The van der Waals surface area contributed by atoms with Gasteiger partial charge in [-0.05, 0) is 36.2 Å². The summed E-state index contributed by atoms with van der Waals surface area (Å²) >= 11 is 0. The van der Waals surface area contributed by atoms with E-state index < -0.39 is 0 Å². The Morgan fingerprint density at radius 2 is 1.96 bits per heavy atom. The number of nitrogens with zero attached hydrogens (tertiary/aromatic N) is 2. The highest BCUT2D eigenvalue weighted by molar-refractivity contribution is 6.03. The monoisotopic (exact) mass is 343 g/mol. The lowest BCUT2D eigenvalue weighted by molar-refractivity contribution is 0.0950. The van der Waals surface area contributed by atoms with Gasteiger partial charge in [0.1, 0.15) is 5.69 Å². The summed E-state index contributed by atoms with van der Waals surface area (Å²) in [6.07, 6.45) is 1.15. The molecule has 2 aromatic carbocycles. The zero-order valence-electron chi connectivity index (χ0n) is 14.2. The van der Waals surface area contributed by atoms with Gasteiger partial charge in [-0.3, -0.25) is 9.59 Å². The fourth-order valence-corrected chi connectivity index (χ4v) is 3.37. The van der Waals surface area contributed by atoms with E-state index in [2.05, 4.69) is 11.4 Å². The minimum atomic E-state index is -0.0656. The average Bonchev–Trinajstić information content (AvgIpc) is 2.93. The highest BCUT2D eigenvalue weighted by Gasteiger charge is 2.19. The third-order valence-corrected chi connectivity index (χ3v) is 4.75. The van der Waals surface area contributed by atoms with Crippen molar-refractivity contribution in [2.24, 2.45) is 0 Å². The minimum absolute atomic E-state index is 0.0187. The van der Waals surface area contributed by atoms with Gasteiger partial charge < -0.3 is 9.88 Å². The van der Waals surface area contributed by atoms with Crippen LogP contribution >= 0.6 is 0 Å². The molecule has 5 heteroatoms. The maximum atomic E-state index is 12.7. The molecule has 4 rings (SSSR count). The number of aryl methyl sites for hydroxylation is 1. The predicted molar refractivity (Wildman–Crippen MR) is 98.1 cm³/mol. The molecule has 0 aliphatic carbocycles. The van der Waals surface area contributed by atoms with Gasteiger partial charge in [-0.15, -0.1) is 0 Å². The van der Waals surface area contributed by atoms with Crippen molar-refractivity contribution in [3.05, 3.63) is 70.9 Å². The van der Waals surface area contributed by atoms with Crippen molar-refractivity contribution in [1.82, 2.24) is 9.88 Å². The first kappa shape index (κ1) is 16.1. The van der Waals surface area contributed by atoms with Crippen LogP contribution in [0, 0.1) is 11.3 Å². The Morgan fingerprint density at radius 3 is 2.73 bits per heavy atom. The van der Waals surface area contributed by atoms with Gasteiger partial charge in [0.25, 0.3) is 5.91 Å². The molecular weight excluding hydrogens is 326 g/mol. The van der Waals surface area contributed by atoms with Gasteiger partial charge in [0.15, 0.2) is 5.78 Å². The maximum absolute atomic E-state index is 12.7. The third-order valence-electron chi connectivity index (χ3n) is 4.75. The van der Waals surface area contributed by atoms with Gasteiger partial charge in [0.2, 0.25) is 0 Å². The van der Waals surface area contributed by atoms with Crippen LogP contribution in [-0.4, -0.2) is 22.8 Å². The van der Waals surface area contributed by atoms with Gasteiger partial charge in [-0.25, -0.2) is 0 Å². The molecule has 1 aliphatic rings. The number of hydrogen-bond acceptors (Lipinski definition) is 3. The van der Waals surface area contributed by atoms with Crippen molar-refractivity contribution < 1.29 is 9.59 Å². The smallest absolute Gasteiger partial charge is 0.267 e. The largest absolute Gasteiger partial charge is 0.351 e. The number of fused-ring (bicyclic) bond motifs is 3. The van der Waals surface area contributed by atoms with Crippen LogP contribution in [0.15, 0.2) is 48.5 Å². The van der Waals surface area contributed by atoms with E-state index in [4.69, 9.17) is 5.26 Å². The number of benzene rings is 2. The molecule has 0 saturated carbocycles. The number of ketones is 1. The third kappa shape index (κ3) is 2.86. The SMILES string of the molecule is N#Cc1ccc(CC(=O)c2ccc3cc4n(c3c2)CCCNC4=O)cc1. The first-order chi connectivity index (χ1) is 12.7. The number of carbonyl (C=O) groups excluding carboxylic acids is 2. The lowest BCUT2D eigenvalue weighted by Gasteiger charge is -2.07. The highest BCUT2D eigenvalue weighted by atomic mass is 16.2. The summed E-state index contributed by atoms with van der Waals surface area (Å²) in [5.41, 5.74) is 3.66. The number of Topliss-reactive ketones (excluding diaryl/α,β-unsaturated/α-hetero) is 1. The summed E-state index contributed by atoms with van der Waals surface area (Å²) in [7, 11) is 0. The van der Waals surface area contributed by atoms with Crippen LogP contribution < -0.4 is 5.32 Å². The second-order valence-electron chi connectivity index (χ2n) is 6.47. The van der Waals surface area contributed by atoms with Gasteiger partial charge in [-0.2, -0.15) is 5.26 Å². The molecule has 128 valence electrons. The Balaban J connectivity index is 1.66. The molecule has 0 fully saturated rings. The predicted octanol–water partition coefficient (Wildman–Crippen LogP) is 3.07. The van der Waals surface area contributed by atoms with Crippen LogP contribution in [0.5, 0.6) is 0 Å². The lowest BCUT2D eigenvalue weighted by Crippen LogP contribution is -2.22. The summed E-state index contributed by atoms with van der Waals surface area (Å²) in [5, 5.41) is 12.7. The van der Waals surface area contributed by atoms with Crippen molar-refractivity contribution in [3.63, 3.8) is 0 Å². The van der Waals surface area contributed by atoms with Crippen LogP contribution in [0.4, 0.5) is 0 Å². The average molecular weight is 343 g/mol. The summed E-state index contributed by atoms with van der Waals surface area (Å²) < 4.78 is 2.00. The molecule has 2 heterocycles. The number of hydrogen-bond donors (Lipinski definition) is 1. The van der Waals surface area contributed by atoms with Crippen LogP contribution in [-0.2, 0) is 13.0 Å². The van der Waals surface area contributed by atoms with Crippen molar-refractivity contribution in [2.45, 2.75) is 19.4 Å². The van der Waals surface area contributed by atoms with Crippen molar-refractivity contribution in [2.75, 3.05) is 6.54 Å². The second-order valence-corrected chi connectivity index (χ2v) is 6.47. The Hall–Kier alpha value is -3.39. The van der Waals surface area contributed by atoms with E-state index in [0.717, 1.165) is 29.4 Å². The standard InChI is InChI=1S/C21H17N3O2/c22-13-15-4-2-14(3-5-15)10-20(25)17-7-6-16-11-19-21(26)23-8-1-9-24(19)18(16)12-17/h2-7,11-12H,1,8-10H2,(H,23,26). The minimum Gasteiger partial charge on any atom is -0.351 e. The first-order valence-corrected chi connectivity index (χ1v) is 8.59. The molecule has 0 spiro atoms. The van der Waals surface area contributed by atoms with E-state index >= 15 is 0 Å². The van der Waals surface area contributed by atoms with E-state index in [9.17, 15) is 9.59 Å². The number of nitriles is 1. The highest BCUT2D eigenvalue weighted by Crippen LogP contribution is 2.24. The fourth-order valence-electron chi connectivity index (χ4n) is 3.37.